The summed E-state index contributed by atoms with van der Waals surface area (Å²) in [4.78, 5) is 28.5. The van der Waals surface area contributed by atoms with Crippen LogP contribution in [0.5, 0.6) is 0 Å². The van der Waals surface area contributed by atoms with Crippen molar-refractivity contribution in [3.05, 3.63) is 0 Å². The fraction of sp³-hybridized carbons (Fsp3) is 0.667. The van der Waals surface area contributed by atoms with Gasteiger partial charge >= 0.3 is 5.97 Å². The molecule has 4 nitrogen and oxygen atoms in total. The molecule has 0 aromatic heterocycles. The van der Waals surface area contributed by atoms with E-state index in [4.69, 9.17) is 4.79 Å². The molecule has 0 aliphatic heterocycles. The van der Waals surface area contributed by atoms with Gasteiger partial charge in [-0.2, -0.15) is 0 Å². The van der Waals surface area contributed by atoms with Crippen LogP contribution in [0.3, 0.4) is 0 Å². The highest BCUT2D eigenvalue weighted by molar-refractivity contribution is 5.70. The van der Waals surface area contributed by atoms with Crippen molar-refractivity contribution in [3.8, 4) is 0 Å². The molecule has 0 amide bonds. The van der Waals surface area contributed by atoms with Gasteiger partial charge in [0.15, 0.2) is 6.29 Å². The van der Waals surface area contributed by atoms with Gasteiger partial charge in [-0.3, -0.25) is 9.59 Å². The first-order valence-corrected chi connectivity index (χ1v) is 3.21. The minimum absolute atomic E-state index is 0. The second-order valence-electron chi connectivity index (χ2n) is 1.44. The molecule has 0 bridgehead atoms. The smallest absolute Gasteiger partial charge is 0.305 e. The van der Waals surface area contributed by atoms with Gasteiger partial charge < -0.3 is 9.53 Å². The molecule has 0 atom stereocenters. The predicted octanol–water partition coefficient (Wildman–Crippen LogP) is 1.62. The van der Waals surface area contributed by atoms with Crippen molar-refractivity contribution in [2.24, 2.45) is 0 Å². The monoisotopic (exact) mass is 192 g/mol. The maximum atomic E-state index is 10.2. The summed E-state index contributed by atoms with van der Waals surface area (Å²) in [6.07, 6.45) is 1.63. The van der Waals surface area contributed by atoms with E-state index >= 15 is 0 Å². The highest BCUT2D eigenvalue weighted by Gasteiger charge is 1.93. The Morgan fingerprint density at radius 2 is 1.69 bits per heavy atom. The molecule has 0 heterocycles. The molecule has 0 rings (SSSR count). The molecule has 0 N–H and O–H groups in total. The van der Waals surface area contributed by atoms with Gasteiger partial charge in [-0.15, -0.1) is 0 Å². The topological polar surface area (TPSA) is 60.4 Å². The Bertz CT molecular complexity index is 121. The van der Waals surface area contributed by atoms with Gasteiger partial charge in [-0.25, -0.2) is 0 Å². The van der Waals surface area contributed by atoms with E-state index < -0.39 is 0 Å². The molecule has 0 aliphatic rings. The van der Waals surface area contributed by atoms with Crippen LogP contribution in [0.2, 0.25) is 0 Å². The third-order valence-corrected chi connectivity index (χ3v) is 0.601. The average molecular weight is 192 g/mol. The van der Waals surface area contributed by atoms with E-state index in [9.17, 15) is 9.59 Å². The first-order chi connectivity index (χ1) is 5.22. The lowest BCUT2D eigenvalue weighted by Crippen LogP contribution is -2.03. The maximum absolute atomic E-state index is 10.2. The van der Waals surface area contributed by atoms with Crippen molar-refractivity contribution in [2.45, 2.75) is 35.1 Å². The number of hydrogen-bond donors (Lipinski definition) is 0. The molecule has 0 unspecified atom stereocenters. The minimum Gasteiger partial charge on any atom is -0.458 e. The molecule has 0 saturated heterocycles. The standard InChI is InChI=1S/C5H8O3.C2H4O.2CH4/c1-2-5(7)8-4-3-6;1-2-3;;/h3H,2,4H2,1H3;2H,1H3;2*1H4. The third-order valence-electron chi connectivity index (χ3n) is 0.601. The van der Waals surface area contributed by atoms with Crippen molar-refractivity contribution in [1.82, 2.24) is 0 Å². The van der Waals surface area contributed by atoms with E-state index in [0.717, 1.165) is 6.29 Å². The van der Waals surface area contributed by atoms with E-state index in [-0.39, 0.29) is 27.4 Å². The summed E-state index contributed by atoms with van der Waals surface area (Å²) in [5.41, 5.74) is 0. The van der Waals surface area contributed by atoms with Gasteiger partial charge in [-0.1, -0.05) is 21.8 Å². The molecular weight excluding hydrogens is 172 g/mol. The molecular formula is C9H20O4. The Kier molecular flexibility index (Phi) is 39.0. The van der Waals surface area contributed by atoms with Gasteiger partial charge in [0, 0.05) is 6.42 Å². The molecule has 0 saturated carbocycles. The van der Waals surface area contributed by atoms with Crippen LogP contribution < -0.4 is 0 Å². The fourth-order valence-corrected chi connectivity index (χ4v) is 0.229. The zero-order valence-corrected chi connectivity index (χ0v) is 6.70. The Morgan fingerprint density at radius 1 is 1.31 bits per heavy atom. The molecule has 0 fully saturated rings. The lowest BCUT2D eigenvalue weighted by atomic mass is 10.5. The second kappa shape index (κ2) is 22.4. The van der Waals surface area contributed by atoms with Crippen LogP contribution in [0.1, 0.15) is 35.1 Å². The Morgan fingerprint density at radius 3 is 1.92 bits per heavy atom. The summed E-state index contributed by atoms with van der Waals surface area (Å²) in [6, 6.07) is 0. The summed E-state index contributed by atoms with van der Waals surface area (Å²) in [7, 11) is 0. The minimum atomic E-state index is -0.336. The zero-order chi connectivity index (χ0) is 9.11. The van der Waals surface area contributed by atoms with Gasteiger partial charge in [0.05, 0.1) is 0 Å². The quantitative estimate of drug-likeness (QED) is 0.503. The van der Waals surface area contributed by atoms with Crippen molar-refractivity contribution in [1.29, 1.82) is 0 Å². The average Bonchev–Trinajstić information content (AvgIpc) is 2.02. The van der Waals surface area contributed by atoms with Gasteiger partial charge in [-0.05, 0) is 6.92 Å². The summed E-state index contributed by atoms with van der Waals surface area (Å²) in [5, 5.41) is 0. The van der Waals surface area contributed by atoms with Crippen LogP contribution in [0.25, 0.3) is 0 Å². The summed E-state index contributed by atoms with van der Waals surface area (Å²) in [5.74, 6) is -0.336. The number of ether oxygens (including phenoxy) is 1. The van der Waals surface area contributed by atoms with E-state index in [0.29, 0.717) is 12.7 Å². The van der Waals surface area contributed by atoms with Crippen LogP contribution in [0.4, 0.5) is 0 Å². The normalized spacial score (nSPS) is 6.00. The number of carbonyl (C=O) groups excluding carboxylic acids is 3. The molecule has 0 radical (unpaired) electrons. The van der Waals surface area contributed by atoms with E-state index in [1.807, 2.05) is 0 Å². The highest BCUT2D eigenvalue weighted by Crippen LogP contribution is 1.80. The van der Waals surface area contributed by atoms with Crippen molar-refractivity contribution < 1.29 is 19.1 Å². The largest absolute Gasteiger partial charge is 0.458 e. The Balaban J connectivity index is -0.0000000720. The summed E-state index contributed by atoms with van der Waals surface area (Å²) in [6.45, 7) is 3.00. The third kappa shape index (κ3) is 36.3. The predicted molar refractivity (Wildman–Crippen MR) is 52.5 cm³/mol. The maximum Gasteiger partial charge on any atom is 0.305 e. The molecule has 4 heteroatoms. The molecule has 0 aromatic rings. The number of carbonyl (C=O) groups is 3. The summed E-state index contributed by atoms with van der Waals surface area (Å²) >= 11 is 0. The Labute approximate surface area is 80.3 Å². The van der Waals surface area contributed by atoms with Crippen molar-refractivity contribution in [2.75, 3.05) is 6.61 Å². The van der Waals surface area contributed by atoms with Crippen LogP contribution in [-0.2, 0) is 19.1 Å². The molecule has 80 valence electrons. The molecule has 0 spiro atoms. The lowest BCUT2D eigenvalue weighted by Gasteiger charge is -1.93. The molecule has 13 heavy (non-hydrogen) atoms. The lowest BCUT2D eigenvalue weighted by molar-refractivity contribution is -0.145. The highest BCUT2D eigenvalue weighted by atomic mass is 16.5. The number of aldehydes is 2. The van der Waals surface area contributed by atoms with Crippen LogP contribution in [0.15, 0.2) is 0 Å². The zero-order valence-electron chi connectivity index (χ0n) is 6.70. The molecule has 0 aliphatic carbocycles. The number of rotatable bonds is 3. The second-order valence-corrected chi connectivity index (χ2v) is 1.44. The number of hydrogen-bond acceptors (Lipinski definition) is 4. The van der Waals surface area contributed by atoms with Crippen molar-refractivity contribution in [3.63, 3.8) is 0 Å². The van der Waals surface area contributed by atoms with Gasteiger partial charge in [0.1, 0.15) is 12.9 Å². The first-order valence-electron chi connectivity index (χ1n) is 3.21. The Hall–Kier alpha value is -1.19. The number of esters is 1. The molecule has 0 aromatic carbocycles. The van der Waals surface area contributed by atoms with Crippen LogP contribution in [-0.4, -0.2) is 25.1 Å². The van der Waals surface area contributed by atoms with Gasteiger partial charge in [0.25, 0.3) is 0 Å². The van der Waals surface area contributed by atoms with Crippen molar-refractivity contribution >= 4 is 18.5 Å². The SMILES string of the molecule is C.C.CC=O.CCC(=O)OCC=O. The fourth-order valence-electron chi connectivity index (χ4n) is 0.229. The van der Waals surface area contributed by atoms with E-state index in [1.165, 1.54) is 6.92 Å². The summed E-state index contributed by atoms with van der Waals surface area (Å²) < 4.78 is 4.33. The first kappa shape index (κ1) is 22.6. The van der Waals surface area contributed by atoms with Gasteiger partial charge in [0.2, 0.25) is 0 Å². The van der Waals surface area contributed by atoms with Crippen LogP contribution >= 0.6 is 0 Å². The van der Waals surface area contributed by atoms with Crippen LogP contribution in [0, 0.1) is 0 Å². The van der Waals surface area contributed by atoms with E-state index in [2.05, 4.69) is 4.74 Å². The van der Waals surface area contributed by atoms with E-state index in [1.54, 1.807) is 6.92 Å².